The molecule has 0 spiro atoms. The molecule has 1 aromatic rings. The first-order chi connectivity index (χ1) is 9.35. The van der Waals surface area contributed by atoms with Gasteiger partial charge < -0.3 is 15.2 Å². The van der Waals surface area contributed by atoms with Gasteiger partial charge in [-0.3, -0.25) is 0 Å². The van der Waals surface area contributed by atoms with Crippen molar-refractivity contribution in [3.05, 3.63) is 18.3 Å². The molecule has 1 saturated carbocycles. The molecular formula is C15H24N2O2. The molecule has 0 aromatic carbocycles. The van der Waals surface area contributed by atoms with Gasteiger partial charge in [0.1, 0.15) is 0 Å². The maximum absolute atomic E-state index is 9.43. The molecule has 106 valence electrons. The number of aliphatic hydroxyl groups excluding tert-OH is 1. The summed E-state index contributed by atoms with van der Waals surface area (Å²) in [6, 6.07) is 3.82. The summed E-state index contributed by atoms with van der Waals surface area (Å²) in [6.07, 6.45) is 6.62. The SMILES string of the molecule is CCOc1cccnc1NCC1CCCCC1CO. The molecule has 1 aliphatic carbocycles. The van der Waals surface area contributed by atoms with E-state index < -0.39 is 0 Å². The van der Waals surface area contributed by atoms with Gasteiger partial charge in [-0.25, -0.2) is 4.98 Å². The summed E-state index contributed by atoms with van der Waals surface area (Å²) < 4.78 is 5.56. The lowest BCUT2D eigenvalue weighted by molar-refractivity contribution is 0.141. The van der Waals surface area contributed by atoms with Crippen molar-refractivity contribution in [3.63, 3.8) is 0 Å². The number of rotatable bonds is 6. The Morgan fingerprint density at radius 2 is 2.16 bits per heavy atom. The smallest absolute Gasteiger partial charge is 0.168 e. The van der Waals surface area contributed by atoms with Gasteiger partial charge in [0, 0.05) is 19.3 Å². The second-order valence-electron chi connectivity index (χ2n) is 5.15. The fraction of sp³-hybridized carbons (Fsp3) is 0.667. The zero-order chi connectivity index (χ0) is 13.5. The Balaban J connectivity index is 1.93. The van der Waals surface area contributed by atoms with Gasteiger partial charge in [-0.2, -0.15) is 0 Å². The van der Waals surface area contributed by atoms with E-state index >= 15 is 0 Å². The molecule has 1 heterocycles. The normalized spacial score (nSPS) is 23.1. The quantitative estimate of drug-likeness (QED) is 0.829. The third-order valence-corrected chi connectivity index (χ3v) is 3.90. The Hall–Kier alpha value is -1.29. The van der Waals surface area contributed by atoms with Crippen molar-refractivity contribution in [1.82, 2.24) is 4.98 Å². The number of hydrogen-bond acceptors (Lipinski definition) is 4. The van der Waals surface area contributed by atoms with Crippen LogP contribution in [0.25, 0.3) is 0 Å². The maximum atomic E-state index is 9.43. The van der Waals surface area contributed by atoms with E-state index in [9.17, 15) is 5.11 Å². The number of ether oxygens (including phenoxy) is 1. The van der Waals surface area contributed by atoms with Gasteiger partial charge in [0.2, 0.25) is 0 Å². The van der Waals surface area contributed by atoms with Gasteiger partial charge in [0.05, 0.1) is 6.61 Å². The summed E-state index contributed by atoms with van der Waals surface area (Å²) in [5.74, 6) is 2.59. The molecule has 2 rings (SSSR count). The standard InChI is InChI=1S/C15H24N2O2/c1-2-19-14-8-5-9-16-15(14)17-10-12-6-3-4-7-13(12)11-18/h5,8-9,12-13,18H,2-4,6-7,10-11H2,1H3,(H,16,17). The number of pyridine rings is 1. The summed E-state index contributed by atoms with van der Waals surface area (Å²) in [4.78, 5) is 4.33. The van der Waals surface area contributed by atoms with Crippen molar-refractivity contribution < 1.29 is 9.84 Å². The highest BCUT2D eigenvalue weighted by molar-refractivity contribution is 5.49. The summed E-state index contributed by atoms with van der Waals surface area (Å²) in [6.45, 7) is 3.78. The molecular weight excluding hydrogens is 240 g/mol. The van der Waals surface area contributed by atoms with Crippen LogP contribution in [-0.2, 0) is 0 Å². The van der Waals surface area contributed by atoms with Crippen LogP contribution in [0.4, 0.5) is 5.82 Å². The van der Waals surface area contributed by atoms with Crippen molar-refractivity contribution in [3.8, 4) is 5.75 Å². The number of nitrogens with zero attached hydrogens (tertiary/aromatic N) is 1. The van der Waals surface area contributed by atoms with Gasteiger partial charge in [0.25, 0.3) is 0 Å². The first-order valence-corrected chi connectivity index (χ1v) is 7.27. The number of aliphatic hydroxyl groups is 1. The zero-order valence-electron chi connectivity index (χ0n) is 11.6. The van der Waals surface area contributed by atoms with Gasteiger partial charge in [-0.15, -0.1) is 0 Å². The molecule has 2 atom stereocenters. The highest BCUT2D eigenvalue weighted by Crippen LogP contribution is 2.30. The van der Waals surface area contributed by atoms with E-state index in [4.69, 9.17) is 4.74 Å². The molecule has 0 saturated heterocycles. The fourth-order valence-corrected chi connectivity index (χ4v) is 2.82. The van der Waals surface area contributed by atoms with Crippen LogP contribution in [0.15, 0.2) is 18.3 Å². The van der Waals surface area contributed by atoms with Crippen LogP contribution in [0, 0.1) is 11.8 Å². The predicted molar refractivity (Wildman–Crippen MR) is 76.4 cm³/mol. The summed E-state index contributed by atoms with van der Waals surface area (Å²) in [5.41, 5.74) is 0. The lowest BCUT2D eigenvalue weighted by Crippen LogP contribution is -2.28. The first kappa shape index (κ1) is 14.1. The Bertz CT molecular complexity index is 384. The van der Waals surface area contributed by atoms with E-state index in [0.717, 1.165) is 24.5 Å². The van der Waals surface area contributed by atoms with Crippen LogP contribution >= 0.6 is 0 Å². The fourth-order valence-electron chi connectivity index (χ4n) is 2.82. The Morgan fingerprint density at radius 1 is 1.37 bits per heavy atom. The van der Waals surface area contributed by atoms with E-state index in [0.29, 0.717) is 25.0 Å². The second-order valence-corrected chi connectivity index (χ2v) is 5.15. The van der Waals surface area contributed by atoms with Crippen LogP contribution in [0.3, 0.4) is 0 Å². The monoisotopic (exact) mass is 264 g/mol. The van der Waals surface area contributed by atoms with Crippen LogP contribution in [0.2, 0.25) is 0 Å². The maximum Gasteiger partial charge on any atom is 0.168 e. The average Bonchev–Trinajstić information content (AvgIpc) is 2.47. The zero-order valence-corrected chi connectivity index (χ0v) is 11.6. The van der Waals surface area contributed by atoms with Gasteiger partial charge in [-0.1, -0.05) is 12.8 Å². The molecule has 1 aromatic heterocycles. The van der Waals surface area contributed by atoms with E-state index in [2.05, 4.69) is 10.3 Å². The minimum atomic E-state index is 0.298. The van der Waals surface area contributed by atoms with Crippen LogP contribution in [0.1, 0.15) is 32.6 Å². The van der Waals surface area contributed by atoms with Crippen molar-refractivity contribution >= 4 is 5.82 Å². The largest absolute Gasteiger partial charge is 0.490 e. The number of nitrogens with one attached hydrogen (secondary N) is 1. The topological polar surface area (TPSA) is 54.4 Å². The minimum Gasteiger partial charge on any atom is -0.490 e. The third kappa shape index (κ3) is 3.83. The number of hydrogen-bond donors (Lipinski definition) is 2. The molecule has 1 fully saturated rings. The second kappa shape index (κ2) is 7.34. The van der Waals surface area contributed by atoms with E-state index in [1.165, 1.54) is 19.3 Å². The van der Waals surface area contributed by atoms with Crippen molar-refractivity contribution in [1.29, 1.82) is 0 Å². The first-order valence-electron chi connectivity index (χ1n) is 7.27. The minimum absolute atomic E-state index is 0.298. The summed E-state index contributed by atoms with van der Waals surface area (Å²) >= 11 is 0. The predicted octanol–water partition coefficient (Wildman–Crippen LogP) is 2.69. The van der Waals surface area contributed by atoms with Crippen LogP contribution in [-0.4, -0.2) is 29.8 Å². The molecule has 0 aliphatic heterocycles. The van der Waals surface area contributed by atoms with Gasteiger partial charge in [-0.05, 0) is 43.7 Å². The molecule has 2 N–H and O–H groups in total. The average molecular weight is 264 g/mol. The van der Waals surface area contributed by atoms with Crippen LogP contribution in [0.5, 0.6) is 5.75 Å². The van der Waals surface area contributed by atoms with E-state index in [1.807, 2.05) is 19.1 Å². The summed E-state index contributed by atoms with van der Waals surface area (Å²) in [5, 5.41) is 12.8. The molecule has 2 unspecified atom stereocenters. The highest BCUT2D eigenvalue weighted by Gasteiger charge is 2.24. The Kier molecular flexibility index (Phi) is 5.45. The number of anilines is 1. The molecule has 0 radical (unpaired) electrons. The Labute approximate surface area is 115 Å². The molecule has 0 bridgehead atoms. The molecule has 1 aliphatic rings. The highest BCUT2D eigenvalue weighted by atomic mass is 16.5. The van der Waals surface area contributed by atoms with Crippen molar-refractivity contribution in [2.24, 2.45) is 11.8 Å². The molecule has 4 nitrogen and oxygen atoms in total. The van der Waals surface area contributed by atoms with Gasteiger partial charge in [0.15, 0.2) is 11.6 Å². The van der Waals surface area contributed by atoms with E-state index in [1.54, 1.807) is 6.20 Å². The lowest BCUT2D eigenvalue weighted by Gasteiger charge is -2.30. The molecule has 0 amide bonds. The third-order valence-electron chi connectivity index (χ3n) is 3.90. The molecule has 4 heteroatoms. The van der Waals surface area contributed by atoms with E-state index in [-0.39, 0.29) is 0 Å². The van der Waals surface area contributed by atoms with Crippen molar-refractivity contribution in [2.45, 2.75) is 32.6 Å². The lowest BCUT2D eigenvalue weighted by atomic mass is 9.79. The summed E-state index contributed by atoms with van der Waals surface area (Å²) in [7, 11) is 0. The van der Waals surface area contributed by atoms with Crippen molar-refractivity contribution in [2.75, 3.05) is 25.1 Å². The number of aromatic nitrogens is 1. The molecule has 19 heavy (non-hydrogen) atoms. The van der Waals surface area contributed by atoms with Gasteiger partial charge >= 0.3 is 0 Å². The van der Waals surface area contributed by atoms with Crippen LogP contribution < -0.4 is 10.1 Å². The Morgan fingerprint density at radius 3 is 2.89 bits per heavy atom.